The molecule has 0 saturated carbocycles. The molecule has 9 nitrogen and oxygen atoms in total. The Labute approximate surface area is 259 Å². The quantitative estimate of drug-likeness (QED) is 0.0808. The Balaban J connectivity index is 1.55. The average Bonchev–Trinajstić information content (AvgIpc) is 3.66. The highest BCUT2D eigenvalue weighted by molar-refractivity contribution is 8.00. The van der Waals surface area contributed by atoms with Gasteiger partial charge in [0.2, 0.25) is 10.9 Å². The van der Waals surface area contributed by atoms with Crippen molar-refractivity contribution in [3.63, 3.8) is 0 Å². The number of aliphatic hydroxyl groups excluding tert-OH is 1. The van der Waals surface area contributed by atoms with Crippen molar-refractivity contribution in [2.24, 2.45) is 0 Å². The van der Waals surface area contributed by atoms with E-state index in [2.05, 4.69) is 21.8 Å². The summed E-state index contributed by atoms with van der Waals surface area (Å²) in [7, 11) is 1.49. The second kappa shape index (κ2) is 12.7. The molecule has 1 aliphatic heterocycles. The number of aryl methyl sites for hydroxylation is 2. The molecule has 13 heteroatoms. The number of halogens is 1. The number of aliphatic hydroxyl groups is 1. The highest BCUT2D eigenvalue weighted by atomic mass is 35.5. The molecule has 1 aliphatic rings. The average molecular weight is 641 g/mol. The summed E-state index contributed by atoms with van der Waals surface area (Å²) in [6.45, 7) is 7.45. The molecule has 0 saturated heterocycles. The Bertz CT molecular complexity index is 1720. The Morgan fingerprint density at radius 1 is 1.19 bits per heavy atom. The van der Waals surface area contributed by atoms with Gasteiger partial charge in [-0.3, -0.25) is 14.5 Å². The molecule has 0 aliphatic carbocycles. The van der Waals surface area contributed by atoms with Crippen LogP contribution in [0.15, 0.2) is 70.8 Å². The molecule has 2 aromatic carbocycles. The van der Waals surface area contributed by atoms with Gasteiger partial charge in [-0.15, -0.1) is 21.5 Å². The van der Waals surface area contributed by atoms with Crippen molar-refractivity contribution in [1.29, 1.82) is 0 Å². The van der Waals surface area contributed by atoms with Gasteiger partial charge in [-0.2, -0.15) is 0 Å². The van der Waals surface area contributed by atoms with Crippen LogP contribution in [0.4, 0.5) is 5.13 Å². The van der Waals surface area contributed by atoms with Crippen molar-refractivity contribution in [1.82, 2.24) is 15.2 Å². The second-order valence-electron chi connectivity index (χ2n) is 9.06. The van der Waals surface area contributed by atoms with Gasteiger partial charge in [0, 0.05) is 10.8 Å². The van der Waals surface area contributed by atoms with Crippen LogP contribution >= 0.6 is 46.0 Å². The molecule has 4 aromatic rings. The van der Waals surface area contributed by atoms with Gasteiger partial charge in [-0.1, -0.05) is 71.6 Å². The number of hydrogen-bond donors (Lipinski definition) is 1. The smallest absolute Gasteiger partial charge is 0.296 e. The number of ether oxygens (including phenoxy) is 2. The molecule has 0 spiro atoms. The van der Waals surface area contributed by atoms with Crippen LogP contribution < -0.4 is 14.4 Å². The van der Waals surface area contributed by atoms with Gasteiger partial charge in [0.15, 0.2) is 21.6 Å². The molecule has 1 amide bonds. The lowest BCUT2D eigenvalue weighted by Crippen LogP contribution is -2.31. The zero-order valence-electron chi connectivity index (χ0n) is 22.8. The van der Waals surface area contributed by atoms with Crippen molar-refractivity contribution < 1.29 is 24.2 Å². The highest BCUT2D eigenvalue weighted by Gasteiger charge is 2.47. The van der Waals surface area contributed by atoms with E-state index in [1.54, 1.807) is 38.1 Å². The van der Waals surface area contributed by atoms with E-state index in [9.17, 15) is 14.7 Å². The van der Waals surface area contributed by atoms with Crippen LogP contribution in [0.25, 0.3) is 0 Å². The number of hydrogen-bond acceptors (Lipinski definition) is 11. The summed E-state index contributed by atoms with van der Waals surface area (Å²) in [4.78, 5) is 33.5. The number of aromatic nitrogens is 3. The van der Waals surface area contributed by atoms with E-state index in [4.69, 9.17) is 21.1 Å². The van der Waals surface area contributed by atoms with E-state index in [0.717, 1.165) is 5.56 Å². The zero-order valence-corrected chi connectivity index (χ0v) is 26.0. The van der Waals surface area contributed by atoms with Crippen LogP contribution in [0, 0.1) is 13.8 Å². The van der Waals surface area contributed by atoms with Gasteiger partial charge < -0.3 is 14.6 Å². The van der Waals surface area contributed by atoms with Crippen LogP contribution in [0.3, 0.4) is 0 Å². The summed E-state index contributed by atoms with van der Waals surface area (Å²) in [5.74, 6) is -0.500. The summed E-state index contributed by atoms with van der Waals surface area (Å²) < 4.78 is 11.8. The van der Waals surface area contributed by atoms with Crippen LogP contribution in [-0.2, 0) is 10.5 Å². The third-order valence-corrected chi connectivity index (χ3v) is 9.88. The summed E-state index contributed by atoms with van der Waals surface area (Å²) in [6.07, 6.45) is 1.61. The number of benzene rings is 2. The molecule has 1 atom stereocenters. The number of methoxy groups -OCH3 is 1. The van der Waals surface area contributed by atoms with Crippen molar-refractivity contribution in [3.8, 4) is 11.5 Å². The molecule has 0 bridgehead atoms. The number of thioether (sulfide) groups is 1. The first kappa shape index (κ1) is 29.8. The minimum absolute atomic E-state index is 0.0750. The van der Waals surface area contributed by atoms with Crippen LogP contribution in [0.1, 0.15) is 37.5 Å². The third-order valence-electron chi connectivity index (χ3n) is 6.33. The van der Waals surface area contributed by atoms with Gasteiger partial charge in [0.1, 0.15) is 6.61 Å². The van der Waals surface area contributed by atoms with E-state index >= 15 is 0 Å². The van der Waals surface area contributed by atoms with Gasteiger partial charge >= 0.3 is 0 Å². The Morgan fingerprint density at radius 2 is 1.98 bits per heavy atom. The lowest BCUT2D eigenvalue weighted by atomic mass is 9.95. The molecule has 3 heterocycles. The predicted octanol–water partition coefficient (Wildman–Crippen LogP) is 6.91. The fraction of sp³-hybridized carbons (Fsp3) is 0.207. The number of carbonyl (C=O) groups excluding carboxylic acids is 2. The van der Waals surface area contributed by atoms with Crippen molar-refractivity contribution >= 4 is 62.9 Å². The summed E-state index contributed by atoms with van der Waals surface area (Å²) in [5, 5.41) is 21.3. The van der Waals surface area contributed by atoms with Gasteiger partial charge in [-0.05, 0) is 43.2 Å². The van der Waals surface area contributed by atoms with E-state index in [1.807, 2.05) is 24.3 Å². The fourth-order valence-electron chi connectivity index (χ4n) is 4.45. The number of carbonyl (C=O) groups is 2. The SMILES string of the molecule is C=CCOc1ccc(C2C(C(=O)c3sc(C)nc3C)=C(O)C(=O)N2c2nnc(SCc3ccccc3Cl)s2)cc1OC. The molecule has 5 rings (SSSR count). The lowest BCUT2D eigenvalue weighted by molar-refractivity contribution is -0.117. The number of Topliss-reactive ketones (excluding diaryl/α,β-unsaturated/α-hetero) is 1. The van der Waals surface area contributed by atoms with E-state index in [-0.39, 0.29) is 17.3 Å². The van der Waals surface area contributed by atoms with Crippen LogP contribution in [-0.4, -0.2) is 45.7 Å². The maximum absolute atomic E-state index is 13.9. The number of ketones is 1. The van der Waals surface area contributed by atoms with Crippen molar-refractivity contribution in [2.75, 3.05) is 18.6 Å². The Hall–Kier alpha value is -3.71. The molecule has 0 radical (unpaired) electrons. The molecule has 216 valence electrons. The maximum Gasteiger partial charge on any atom is 0.296 e. The Morgan fingerprint density at radius 3 is 2.67 bits per heavy atom. The first-order valence-corrected chi connectivity index (χ1v) is 15.6. The minimum Gasteiger partial charge on any atom is -0.503 e. The largest absolute Gasteiger partial charge is 0.503 e. The molecule has 0 fully saturated rings. The first-order chi connectivity index (χ1) is 20.2. The fourth-order valence-corrected chi connectivity index (χ4v) is 7.48. The Kier molecular flexibility index (Phi) is 8.97. The van der Waals surface area contributed by atoms with Crippen LogP contribution in [0.5, 0.6) is 11.5 Å². The number of amides is 1. The minimum atomic E-state index is -1.01. The highest BCUT2D eigenvalue weighted by Crippen LogP contribution is 2.46. The number of anilines is 1. The molecular formula is C29H25ClN4O5S3. The maximum atomic E-state index is 13.9. The summed E-state index contributed by atoms with van der Waals surface area (Å²) in [6, 6.07) is 11.6. The molecule has 2 aromatic heterocycles. The molecular weight excluding hydrogens is 616 g/mol. The first-order valence-electron chi connectivity index (χ1n) is 12.6. The van der Waals surface area contributed by atoms with Gasteiger partial charge in [-0.25, -0.2) is 4.98 Å². The number of thiazole rings is 1. The summed E-state index contributed by atoms with van der Waals surface area (Å²) in [5.41, 5.74) is 1.89. The van der Waals surface area contributed by atoms with Gasteiger partial charge in [0.25, 0.3) is 5.91 Å². The number of nitrogens with zero attached hydrogens (tertiary/aromatic N) is 4. The van der Waals surface area contributed by atoms with Gasteiger partial charge in [0.05, 0.1) is 34.3 Å². The number of rotatable bonds is 11. The van der Waals surface area contributed by atoms with E-state index in [1.165, 1.54) is 46.4 Å². The standard InChI is InChI=1S/C29H25ClN4O5S3/c1-5-12-39-20-11-10-17(13-21(20)38-4)23-22(24(35)26-15(2)31-16(3)41-26)25(36)27(37)34(23)28-32-33-29(42-28)40-14-18-8-6-7-9-19(18)30/h5-11,13,23,36H,1,12,14H2,2-4H3. The second-order valence-corrected chi connectivity index (χ2v) is 12.8. The molecule has 1 unspecified atom stereocenters. The van der Waals surface area contributed by atoms with E-state index < -0.39 is 23.5 Å². The molecule has 42 heavy (non-hydrogen) atoms. The van der Waals surface area contributed by atoms with E-state index in [0.29, 0.717) is 47.8 Å². The van der Waals surface area contributed by atoms with Crippen LogP contribution in [0.2, 0.25) is 5.02 Å². The molecule has 1 N–H and O–H groups in total. The zero-order chi connectivity index (χ0) is 30.0. The third kappa shape index (κ3) is 5.80. The normalized spacial score (nSPS) is 14.9. The predicted molar refractivity (Wildman–Crippen MR) is 165 cm³/mol. The summed E-state index contributed by atoms with van der Waals surface area (Å²) >= 11 is 10.1. The topological polar surface area (TPSA) is 115 Å². The monoisotopic (exact) mass is 640 g/mol. The van der Waals surface area contributed by atoms with Crippen molar-refractivity contribution in [2.45, 2.75) is 30.0 Å². The van der Waals surface area contributed by atoms with Crippen molar-refractivity contribution in [3.05, 3.63) is 98.2 Å². The lowest BCUT2D eigenvalue weighted by Gasteiger charge is -2.24.